The van der Waals surface area contributed by atoms with Crippen LogP contribution in [0.4, 0.5) is 0 Å². The van der Waals surface area contributed by atoms with Gasteiger partial charge >= 0.3 is 0 Å². The zero-order valence-electron chi connectivity index (χ0n) is 10.2. The van der Waals surface area contributed by atoms with Crippen LogP contribution in [0, 0.1) is 0 Å². The summed E-state index contributed by atoms with van der Waals surface area (Å²) in [6, 6.07) is 11.8. The molecule has 0 atom stereocenters. The van der Waals surface area contributed by atoms with E-state index < -0.39 is 0 Å². The van der Waals surface area contributed by atoms with E-state index in [2.05, 4.69) is 17.4 Å². The fraction of sp³-hybridized carbons (Fsp3) is 0.214. The number of aryl methyl sites for hydroxylation is 1. The highest BCUT2D eigenvalue weighted by molar-refractivity contribution is 7.20. The van der Waals surface area contributed by atoms with Crippen molar-refractivity contribution in [2.45, 2.75) is 12.8 Å². The van der Waals surface area contributed by atoms with E-state index in [1.54, 1.807) is 6.07 Å². The molecule has 1 amide bonds. The number of halogens is 2. The number of hydrogen-bond donors (Lipinski definition) is 1. The maximum absolute atomic E-state index is 11.8. The Morgan fingerprint density at radius 2 is 1.95 bits per heavy atom. The highest BCUT2D eigenvalue weighted by Gasteiger charge is 2.13. The van der Waals surface area contributed by atoms with Gasteiger partial charge in [-0.05, 0) is 24.5 Å². The summed E-state index contributed by atoms with van der Waals surface area (Å²) in [6.07, 6.45) is 1.84. The highest BCUT2D eigenvalue weighted by Crippen LogP contribution is 2.30. The highest BCUT2D eigenvalue weighted by atomic mass is 35.5. The summed E-state index contributed by atoms with van der Waals surface area (Å²) >= 11 is 12.9. The van der Waals surface area contributed by atoms with Crippen LogP contribution in [0.25, 0.3) is 0 Å². The summed E-state index contributed by atoms with van der Waals surface area (Å²) in [4.78, 5) is 11.8. The molecule has 0 radical (unpaired) electrons. The van der Waals surface area contributed by atoms with E-state index in [9.17, 15) is 4.79 Å². The molecule has 2 rings (SSSR count). The Labute approximate surface area is 126 Å². The maximum Gasteiger partial charge on any atom is 0.253 e. The van der Waals surface area contributed by atoms with Crippen LogP contribution in [0.5, 0.6) is 0 Å². The lowest BCUT2D eigenvalue weighted by Crippen LogP contribution is -2.24. The van der Waals surface area contributed by atoms with Gasteiger partial charge in [0.15, 0.2) is 0 Å². The Kier molecular flexibility index (Phi) is 5.25. The zero-order chi connectivity index (χ0) is 13.7. The summed E-state index contributed by atoms with van der Waals surface area (Å²) in [7, 11) is 0. The second kappa shape index (κ2) is 6.94. The van der Waals surface area contributed by atoms with Crippen LogP contribution in [-0.2, 0) is 6.42 Å². The first-order valence-corrected chi connectivity index (χ1v) is 7.51. The summed E-state index contributed by atoms with van der Waals surface area (Å²) in [6.45, 7) is 0.623. The molecule has 0 unspecified atom stereocenters. The van der Waals surface area contributed by atoms with Gasteiger partial charge in [-0.15, -0.1) is 11.3 Å². The Balaban J connectivity index is 1.77. The van der Waals surface area contributed by atoms with Gasteiger partial charge in [0.2, 0.25) is 0 Å². The average Bonchev–Trinajstić information content (AvgIpc) is 2.75. The molecule has 5 heteroatoms. The number of carbonyl (C=O) groups is 1. The number of hydrogen-bond acceptors (Lipinski definition) is 2. The van der Waals surface area contributed by atoms with Crippen LogP contribution in [0.15, 0.2) is 36.4 Å². The molecule has 1 heterocycles. The molecular formula is C14H13Cl2NOS. The molecule has 2 aromatic rings. The third kappa shape index (κ3) is 4.23. The molecule has 1 N–H and O–H groups in total. The van der Waals surface area contributed by atoms with Gasteiger partial charge in [-0.2, -0.15) is 0 Å². The lowest BCUT2D eigenvalue weighted by molar-refractivity contribution is 0.0954. The zero-order valence-corrected chi connectivity index (χ0v) is 12.5. The van der Waals surface area contributed by atoms with Crippen molar-refractivity contribution in [1.82, 2.24) is 5.32 Å². The minimum atomic E-state index is -0.166. The summed E-state index contributed by atoms with van der Waals surface area (Å²) in [5.74, 6) is -0.166. The molecular weight excluding hydrogens is 301 g/mol. The Morgan fingerprint density at radius 1 is 1.21 bits per heavy atom. The number of benzene rings is 1. The molecule has 0 aliphatic rings. The number of amides is 1. The number of carbonyl (C=O) groups excluding carboxylic acids is 1. The van der Waals surface area contributed by atoms with E-state index in [0.717, 1.165) is 12.8 Å². The lowest BCUT2D eigenvalue weighted by Gasteiger charge is -2.04. The van der Waals surface area contributed by atoms with Crippen LogP contribution < -0.4 is 5.32 Å². The van der Waals surface area contributed by atoms with Crippen molar-refractivity contribution in [2.24, 2.45) is 0 Å². The van der Waals surface area contributed by atoms with Crippen LogP contribution >= 0.6 is 34.5 Å². The van der Waals surface area contributed by atoms with Gasteiger partial charge in [-0.1, -0.05) is 53.5 Å². The quantitative estimate of drug-likeness (QED) is 0.813. The average molecular weight is 314 g/mol. The first-order chi connectivity index (χ1) is 9.16. The van der Waals surface area contributed by atoms with E-state index in [1.165, 1.54) is 16.9 Å². The second-order valence-electron chi connectivity index (χ2n) is 4.08. The molecule has 0 spiro atoms. The van der Waals surface area contributed by atoms with Gasteiger partial charge in [-0.25, -0.2) is 0 Å². The van der Waals surface area contributed by atoms with Crippen molar-refractivity contribution in [3.8, 4) is 0 Å². The second-order valence-corrected chi connectivity index (χ2v) is 6.37. The Bertz CT molecular complexity index is 554. The molecule has 0 saturated carbocycles. The topological polar surface area (TPSA) is 29.1 Å². The van der Waals surface area contributed by atoms with Gasteiger partial charge in [0, 0.05) is 6.54 Å². The van der Waals surface area contributed by atoms with Crippen molar-refractivity contribution < 1.29 is 4.79 Å². The third-order valence-electron chi connectivity index (χ3n) is 2.67. The van der Waals surface area contributed by atoms with E-state index in [0.29, 0.717) is 20.8 Å². The predicted molar refractivity (Wildman–Crippen MR) is 81.4 cm³/mol. The lowest BCUT2D eigenvalue weighted by atomic mass is 10.1. The summed E-state index contributed by atoms with van der Waals surface area (Å²) in [5, 5.41) is 2.85. The monoisotopic (exact) mass is 313 g/mol. The minimum absolute atomic E-state index is 0.166. The smallest absolute Gasteiger partial charge is 0.253 e. The fourth-order valence-corrected chi connectivity index (χ4v) is 3.19. The van der Waals surface area contributed by atoms with Crippen LogP contribution in [0.1, 0.15) is 22.3 Å². The van der Waals surface area contributed by atoms with E-state index in [4.69, 9.17) is 23.2 Å². The van der Waals surface area contributed by atoms with E-state index in [1.807, 2.05) is 18.2 Å². The summed E-state index contributed by atoms with van der Waals surface area (Å²) in [5.41, 5.74) is 1.73. The van der Waals surface area contributed by atoms with Crippen molar-refractivity contribution in [2.75, 3.05) is 6.54 Å². The molecule has 100 valence electrons. The van der Waals surface area contributed by atoms with Gasteiger partial charge in [0.1, 0.15) is 4.34 Å². The first kappa shape index (κ1) is 14.4. The minimum Gasteiger partial charge on any atom is -0.352 e. The van der Waals surface area contributed by atoms with Crippen LogP contribution in [-0.4, -0.2) is 12.5 Å². The van der Waals surface area contributed by atoms with Crippen molar-refractivity contribution in [3.05, 3.63) is 56.2 Å². The van der Waals surface area contributed by atoms with Crippen molar-refractivity contribution in [3.63, 3.8) is 0 Å². The molecule has 2 nitrogen and oxygen atoms in total. The molecule has 0 fully saturated rings. The van der Waals surface area contributed by atoms with Gasteiger partial charge in [0.25, 0.3) is 5.91 Å². The summed E-state index contributed by atoms with van der Waals surface area (Å²) < 4.78 is 0.963. The molecule has 0 aliphatic heterocycles. The third-order valence-corrected chi connectivity index (χ3v) is 4.16. The number of rotatable bonds is 5. The molecule has 1 aromatic carbocycles. The first-order valence-electron chi connectivity index (χ1n) is 5.94. The van der Waals surface area contributed by atoms with Gasteiger partial charge < -0.3 is 5.32 Å². The molecule has 1 aromatic heterocycles. The van der Waals surface area contributed by atoms with Crippen molar-refractivity contribution >= 4 is 40.4 Å². The Morgan fingerprint density at radius 3 is 2.58 bits per heavy atom. The molecule has 0 bridgehead atoms. The molecule has 19 heavy (non-hydrogen) atoms. The van der Waals surface area contributed by atoms with Gasteiger partial charge in [0.05, 0.1) is 9.90 Å². The normalized spacial score (nSPS) is 10.4. The number of nitrogens with one attached hydrogen (secondary N) is 1. The van der Waals surface area contributed by atoms with Gasteiger partial charge in [-0.3, -0.25) is 4.79 Å². The fourth-order valence-electron chi connectivity index (χ4n) is 1.73. The maximum atomic E-state index is 11.8. The SMILES string of the molecule is O=C(NCCCc1ccccc1)c1cc(Cl)sc1Cl. The van der Waals surface area contributed by atoms with Crippen LogP contribution in [0.3, 0.4) is 0 Å². The van der Waals surface area contributed by atoms with E-state index in [-0.39, 0.29) is 5.91 Å². The molecule has 0 saturated heterocycles. The largest absolute Gasteiger partial charge is 0.352 e. The van der Waals surface area contributed by atoms with Crippen LogP contribution in [0.2, 0.25) is 8.67 Å². The predicted octanol–water partition coefficient (Wildman–Crippen LogP) is 4.42. The standard InChI is InChI=1S/C14H13Cl2NOS/c15-12-9-11(13(16)19-12)14(18)17-8-4-7-10-5-2-1-3-6-10/h1-3,5-6,9H,4,7-8H2,(H,17,18). The Hall–Kier alpha value is -1.03. The molecule has 0 aliphatic carbocycles. The van der Waals surface area contributed by atoms with Crippen molar-refractivity contribution in [1.29, 1.82) is 0 Å². The number of thiophene rings is 1. The van der Waals surface area contributed by atoms with E-state index >= 15 is 0 Å².